The maximum absolute atomic E-state index is 3.69. The molecule has 0 saturated carbocycles. The standard InChI is InChI=1S/C15H25BrN2/c1-5-7-12(3)18(4)15-9-8-13(10-14(15)16)11-17-6-2/h8-10,12,17H,5-7,11H2,1-4H3. The van der Waals surface area contributed by atoms with Gasteiger partial charge in [-0.3, -0.25) is 0 Å². The first-order valence-electron chi connectivity index (χ1n) is 6.82. The molecule has 0 saturated heterocycles. The Labute approximate surface area is 120 Å². The van der Waals surface area contributed by atoms with Crippen LogP contribution >= 0.6 is 15.9 Å². The van der Waals surface area contributed by atoms with Crippen molar-refractivity contribution in [3.8, 4) is 0 Å². The molecule has 0 amide bonds. The largest absolute Gasteiger partial charge is 0.371 e. The Morgan fingerprint density at radius 2 is 2.06 bits per heavy atom. The molecule has 3 heteroatoms. The van der Waals surface area contributed by atoms with Crippen LogP contribution in [0.25, 0.3) is 0 Å². The zero-order chi connectivity index (χ0) is 13.5. The fourth-order valence-electron chi connectivity index (χ4n) is 2.06. The SMILES string of the molecule is CCCC(C)N(C)c1ccc(CNCC)cc1Br. The molecule has 1 atom stereocenters. The van der Waals surface area contributed by atoms with Crippen molar-refractivity contribution in [2.75, 3.05) is 18.5 Å². The summed E-state index contributed by atoms with van der Waals surface area (Å²) in [4.78, 5) is 2.35. The molecule has 2 nitrogen and oxygen atoms in total. The normalized spacial score (nSPS) is 12.5. The van der Waals surface area contributed by atoms with E-state index in [0.717, 1.165) is 13.1 Å². The zero-order valence-corrected chi connectivity index (χ0v) is 13.5. The van der Waals surface area contributed by atoms with Crippen LogP contribution in [0.15, 0.2) is 22.7 Å². The van der Waals surface area contributed by atoms with E-state index in [1.54, 1.807) is 0 Å². The van der Waals surface area contributed by atoms with E-state index in [9.17, 15) is 0 Å². The van der Waals surface area contributed by atoms with E-state index in [1.165, 1.54) is 28.6 Å². The number of hydrogen-bond donors (Lipinski definition) is 1. The number of hydrogen-bond acceptors (Lipinski definition) is 2. The number of halogens is 1. The van der Waals surface area contributed by atoms with Crippen molar-refractivity contribution in [3.05, 3.63) is 28.2 Å². The van der Waals surface area contributed by atoms with E-state index in [0.29, 0.717) is 6.04 Å². The summed E-state index contributed by atoms with van der Waals surface area (Å²) in [6.07, 6.45) is 2.45. The van der Waals surface area contributed by atoms with Gasteiger partial charge in [0.1, 0.15) is 0 Å². The van der Waals surface area contributed by atoms with Crippen LogP contribution in [-0.2, 0) is 6.54 Å². The second-order valence-electron chi connectivity index (χ2n) is 4.81. The Balaban J connectivity index is 2.78. The summed E-state index contributed by atoms with van der Waals surface area (Å²) in [6.45, 7) is 8.58. The third-order valence-electron chi connectivity index (χ3n) is 3.34. The molecule has 1 N–H and O–H groups in total. The van der Waals surface area contributed by atoms with Crippen molar-refractivity contribution in [2.24, 2.45) is 0 Å². The lowest BCUT2D eigenvalue weighted by Gasteiger charge is -2.28. The van der Waals surface area contributed by atoms with Crippen molar-refractivity contribution in [2.45, 2.75) is 46.2 Å². The van der Waals surface area contributed by atoms with Gasteiger partial charge in [-0.2, -0.15) is 0 Å². The highest BCUT2D eigenvalue weighted by atomic mass is 79.9. The maximum Gasteiger partial charge on any atom is 0.0510 e. The van der Waals surface area contributed by atoms with Crippen LogP contribution in [0.1, 0.15) is 39.2 Å². The van der Waals surface area contributed by atoms with Gasteiger partial charge in [-0.1, -0.05) is 26.3 Å². The Bertz CT molecular complexity index is 366. The van der Waals surface area contributed by atoms with E-state index in [2.05, 4.69) is 72.2 Å². The summed E-state index contributed by atoms with van der Waals surface area (Å²) in [5, 5.41) is 3.35. The van der Waals surface area contributed by atoms with Gasteiger partial charge in [-0.05, 0) is 53.5 Å². The minimum Gasteiger partial charge on any atom is -0.371 e. The summed E-state index contributed by atoms with van der Waals surface area (Å²) in [5.41, 5.74) is 2.60. The monoisotopic (exact) mass is 312 g/mol. The molecule has 102 valence electrons. The van der Waals surface area contributed by atoms with E-state index < -0.39 is 0 Å². The smallest absolute Gasteiger partial charge is 0.0510 e. The Kier molecular flexibility index (Phi) is 6.72. The van der Waals surface area contributed by atoms with Crippen LogP contribution in [0.3, 0.4) is 0 Å². The van der Waals surface area contributed by atoms with Gasteiger partial charge in [0.2, 0.25) is 0 Å². The minimum absolute atomic E-state index is 0.575. The number of anilines is 1. The molecular weight excluding hydrogens is 288 g/mol. The lowest BCUT2D eigenvalue weighted by atomic mass is 10.1. The molecule has 1 unspecified atom stereocenters. The molecule has 0 aliphatic carbocycles. The fourth-order valence-corrected chi connectivity index (χ4v) is 2.77. The lowest BCUT2D eigenvalue weighted by molar-refractivity contribution is 0.615. The molecule has 0 radical (unpaired) electrons. The zero-order valence-electron chi connectivity index (χ0n) is 12.0. The molecule has 1 aromatic carbocycles. The second kappa shape index (κ2) is 7.80. The van der Waals surface area contributed by atoms with E-state index in [1.807, 2.05) is 0 Å². The molecule has 1 aromatic rings. The molecule has 1 rings (SSSR count). The highest BCUT2D eigenvalue weighted by molar-refractivity contribution is 9.10. The Hall–Kier alpha value is -0.540. The maximum atomic E-state index is 3.69. The summed E-state index contributed by atoms with van der Waals surface area (Å²) >= 11 is 3.69. The van der Waals surface area contributed by atoms with Gasteiger partial charge in [0.05, 0.1) is 5.69 Å². The molecule has 0 heterocycles. The third-order valence-corrected chi connectivity index (χ3v) is 3.97. The van der Waals surface area contributed by atoms with Gasteiger partial charge in [-0.25, -0.2) is 0 Å². The number of benzene rings is 1. The van der Waals surface area contributed by atoms with Crippen LogP contribution in [0.5, 0.6) is 0 Å². The average Bonchev–Trinajstić information content (AvgIpc) is 2.36. The predicted molar refractivity (Wildman–Crippen MR) is 84.3 cm³/mol. The molecule has 18 heavy (non-hydrogen) atoms. The summed E-state index contributed by atoms with van der Waals surface area (Å²) < 4.78 is 1.18. The summed E-state index contributed by atoms with van der Waals surface area (Å²) in [5.74, 6) is 0. The minimum atomic E-state index is 0.575. The Morgan fingerprint density at radius 1 is 1.33 bits per heavy atom. The Morgan fingerprint density at radius 3 is 2.61 bits per heavy atom. The van der Waals surface area contributed by atoms with Crippen molar-refractivity contribution >= 4 is 21.6 Å². The first-order chi connectivity index (χ1) is 8.60. The fraction of sp³-hybridized carbons (Fsp3) is 0.600. The highest BCUT2D eigenvalue weighted by Gasteiger charge is 2.12. The van der Waals surface area contributed by atoms with Crippen LogP contribution < -0.4 is 10.2 Å². The highest BCUT2D eigenvalue weighted by Crippen LogP contribution is 2.28. The van der Waals surface area contributed by atoms with E-state index in [-0.39, 0.29) is 0 Å². The molecule has 0 bridgehead atoms. The van der Waals surface area contributed by atoms with Crippen molar-refractivity contribution in [1.82, 2.24) is 5.32 Å². The van der Waals surface area contributed by atoms with Gasteiger partial charge in [-0.15, -0.1) is 0 Å². The molecule has 0 spiro atoms. The van der Waals surface area contributed by atoms with Crippen molar-refractivity contribution in [1.29, 1.82) is 0 Å². The first kappa shape index (κ1) is 15.5. The summed E-state index contributed by atoms with van der Waals surface area (Å²) in [7, 11) is 2.17. The molecule has 0 aromatic heterocycles. The van der Waals surface area contributed by atoms with Crippen molar-refractivity contribution in [3.63, 3.8) is 0 Å². The van der Waals surface area contributed by atoms with Crippen molar-refractivity contribution < 1.29 is 0 Å². The third kappa shape index (κ3) is 4.29. The first-order valence-corrected chi connectivity index (χ1v) is 7.61. The molecule has 0 fully saturated rings. The topological polar surface area (TPSA) is 15.3 Å². The quantitative estimate of drug-likeness (QED) is 0.812. The molecular formula is C15H25BrN2. The summed E-state index contributed by atoms with van der Waals surface area (Å²) in [6, 6.07) is 7.21. The van der Waals surface area contributed by atoms with Crippen LogP contribution in [0, 0.1) is 0 Å². The van der Waals surface area contributed by atoms with Crippen LogP contribution in [0.4, 0.5) is 5.69 Å². The number of rotatable bonds is 7. The van der Waals surface area contributed by atoms with Crippen LogP contribution in [-0.4, -0.2) is 19.6 Å². The number of nitrogens with zero attached hydrogens (tertiary/aromatic N) is 1. The van der Waals surface area contributed by atoms with Gasteiger partial charge in [0.15, 0.2) is 0 Å². The second-order valence-corrected chi connectivity index (χ2v) is 5.67. The molecule has 0 aliphatic heterocycles. The lowest BCUT2D eigenvalue weighted by Crippen LogP contribution is -2.28. The molecule has 0 aliphatic rings. The van der Waals surface area contributed by atoms with Gasteiger partial charge in [0.25, 0.3) is 0 Å². The van der Waals surface area contributed by atoms with Gasteiger partial charge < -0.3 is 10.2 Å². The average molecular weight is 313 g/mol. The van der Waals surface area contributed by atoms with E-state index in [4.69, 9.17) is 0 Å². The van der Waals surface area contributed by atoms with Gasteiger partial charge >= 0.3 is 0 Å². The van der Waals surface area contributed by atoms with E-state index >= 15 is 0 Å². The van der Waals surface area contributed by atoms with Crippen LogP contribution in [0.2, 0.25) is 0 Å². The number of nitrogens with one attached hydrogen (secondary N) is 1. The predicted octanol–water partition coefficient (Wildman–Crippen LogP) is 4.18. The van der Waals surface area contributed by atoms with Gasteiger partial charge in [0, 0.05) is 24.1 Å².